The van der Waals surface area contributed by atoms with E-state index in [0.29, 0.717) is 0 Å². The Balaban J connectivity index is 3.15. The lowest BCUT2D eigenvalue weighted by Crippen LogP contribution is -1.90. The summed E-state index contributed by atoms with van der Waals surface area (Å²) in [5.74, 6) is 8.27. The Labute approximate surface area is 114 Å². The van der Waals surface area contributed by atoms with Gasteiger partial charge in [0.05, 0.1) is 0 Å². The molecule has 0 radical (unpaired) electrons. The first kappa shape index (κ1) is 16.9. The fraction of sp³-hybridized carbons (Fsp3) is 0.875. The second kappa shape index (κ2) is 13.9. The van der Waals surface area contributed by atoms with Crippen LogP contribution < -0.4 is 0 Å². The molecule has 1 unspecified atom stereocenters. The lowest BCUT2D eigenvalue weighted by Gasteiger charge is -2.05. The van der Waals surface area contributed by atoms with Gasteiger partial charge in [-0.15, -0.1) is 23.4 Å². The van der Waals surface area contributed by atoms with Crippen LogP contribution in [-0.4, -0.2) is 5.88 Å². The van der Waals surface area contributed by atoms with Gasteiger partial charge in [-0.3, -0.25) is 0 Å². The Morgan fingerprint density at radius 2 is 1.47 bits per heavy atom. The minimum absolute atomic E-state index is 0.807. The lowest BCUT2D eigenvalue weighted by atomic mass is 10.0. The van der Waals surface area contributed by atoms with Gasteiger partial charge in [0, 0.05) is 18.7 Å². The summed E-state index contributed by atoms with van der Waals surface area (Å²) in [5, 5.41) is 0. The highest BCUT2D eigenvalue weighted by atomic mass is 35.5. The number of halogens is 1. The molecule has 1 heteroatoms. The van der Waals surface area contributed by atoms with E-state index in [4.69, 9.17) is 11.6 Å². The van der Waals surface area contributed by atoms with Crippen LogP contribution in [0, 0.1) is 17.8 Å². The highest BCUT2D eigenvalue weighted by Gasteiger charge is 1.96. The van der Waals surface area contributed by atoms with Crippen molar-refractivity contribution in [2.75, 3.05) is 5.88 Å². The molecular formula is C16H29Cl. The molecule has 1 atom stereocenters. The number of hydrogen-bond acceptors (Lipinski definition) is 0. The van der Waals surface area contributed by atoms with Crippen LogP contribution in [0.15, 0.2) is 0 Å². The molecule has 17 heavy (non-hydrogen) atoms. The maximum absolute atomic E-state index is 5.62. The van der Waals surface area contributed by atoms with Gasteiger partial charge in [0.15, 0.2) is 0 Å². The first-order chi connectivity index (χ1) is 8.31. The predicted octanol–water partition coefficient (Wildman–Crippen LogP) is 5.79. The van der Waals surface area contributed by atoms with E-state index in [1.807, 2.05) is 0 Å². The van der Waals surface area contributed by atoms with Crippen molar-refractivity contribution in [3.63, 3.8) is 0 Å². The van der Waals surface area contributed by atoms with Crippen LogP contribution in [0.1, 0.15) is 78.1 Å². The molecule has 0 bridgehead atoms. The Bertz CT molecular complexity index is 199. The molecule has 0 amide bonds. The molecule has 0 aliphatic rings. The summed E-state index contributed by atoms with van der Waals surface area (Å²) in [6, 6.07) is 0. The topological polar surface area (TPSA) is 0 Å². The van der Waals surface area contributed by atoms with Crippen LogP contribution in [-0.2, 0) is 0 Å². The largest absolute Gasteiger partial charge is 0.127 e. The predicted molar refractivity (Wildman–Crippen MR) is 79.5 cm³/mol. The molecule has 0 aromatic rings. The Hall–Kier alpha value is -0.150. The Kier molecular flexibility index (Phi) is 13.8. The van der Waals surface area contributed by atoms with E-state index in [-0.39, 0.29) is 0 Å². The summed E-state index contributed by atoms with van der Waals surface area (Å²) in [6.45, 7) is 4.61. The number of rotatable bonds is 10. The van der Waals surface area contributed by atoms with Crippen molar-refractivity contribution in [1.29, 1.82) is 0 Å². The Morgan fingerprint density at radius 1 is 0.882 bits per heavy atom. The van der Waals surface area contributed by atoms with E-state index in [0.717, 1.165) is 31.1 Å². The number of hydrogen-bond donors (Lipinski definition) is 0. The van der Waals surface area contributed by atoms with Gasteiger partial charge in [-0.1, -0.05) is 46.0 Å². The van der Waals surface area contributed by atoms with Gasteiger partial charge in [0.25, 0.3) is 0 Å². The monoisotopic (exact) mass is 256 g/mol. The van der Waals surface area contributed by atoms with Gasteiger partial charge in [-0.25, -0.2) is 0 Å². The number of unbranched alkanes of at least 4 members (excludes halogenated alkanes) is 6. The van der Waals surface area contributed by atoms with E-state index >= 15 is 0 Å². The van der Waals surface area contributed by atoms with Gasteiger partial charge < -0.3 is 0 Å². The zero-order chi connectivity index (χ0) is 12.8. The Morgan fingerprint density at radius 3 is 2.06 bits per heavy atom. The second-order valence-corrected chi connectivity index (χ2v) is 5.34. The van der Waals surface area contributed by atoms with Gasteiger partial charge in [-0.2, -0.15) is 0 Å². The molecule has 100 valence electrons. The summed E-state index contributed by atoms with van der Waals surface area (Å²) in [7, 11) is 0. The van der Waals surface area contributed by atoms with Crippen molar-refractivity contribution in [1.82, 2.24) is 0 Å². The third-order valence-electron chi connectivity index (χ3n) is 3.26. The van der Waals surface area contributed by atoms with Crippen LogP contribution in [0.2, 0.25) is 0 Å². The first-order valence-corrected chi connectivity index (χ1v) is 7.86. The van der Waals surface area contributed by atoms with Crippen LogP contribution in [0.3, 0.4) is 0 Å². The van der Waals surface area contributed by atoms with E-state index in [1.165, 1.54) is 44.9 Å². The van der Waals surface area contributed by atoms with Gasteiger partial charge in [0.1, 0.15) is 0 Å². The molecule has 0 aliphatic carbocycles. The summed E-state index contributed by atoms with van der Waals surface area (Å²) in [6.07, 6.45) is 12.4. The number of alkyl halides is 1. The van der Waals surface area contributed by atoms with E-state index < -0.39 is 0 Å². The summed E-state index contributed by atoms with van der Waals surface area (Å²) < 4.78 is 0. The molecule has 0 aromatic carbocycles. The fourth-order valence-corrected chi connectivity index (χ4v) is 1.94. The minimum atomic E-state index is 0.807. The molecule has 0 saturated heterocycles. The average molecular weight is 257 g/mol. The van der Waals surface area contributed by atoms with Crippen molar-refractivity contribution in [3.8, 4) is 11.8 Å². The van der Waals surface area contributed by atoms with E-state index in [2.05, 4.69) is 25.7 Å². The van der Waals surface area contributed by atoms with Gasteiger partial charge in [0.2, 0.25) is 0 Å². The normalized spacial score (nSPS) is 11.9. The van der Waals surface area contributed by atoms with E-state index in [1.54, 1.807) is 0 Å². The highest BCUT2D eigenvalue weighted by Crippen LogP contribution is 2.11. The van der Waals surface area contributed by atoms with Crippen molar-refractivity contribution in [2.24, 2.45) is 5.92 Å². The SMILES string of the molecule is CCC(C)CCCCC#CCCCCCCCl. The zero-order valence-corrected chi connectivity index (χ0v) is 12.5. The van der Waals surface area contributed by atoms with E-state index in [9.17, 15) is 0 Å². The molecule has 0 rings (SSSR count). The molecule has 0 N–H and O–H groups in total. The zero-order valence-electron chi connectivity index (χ0n) is 11.7. The third-order valence-corrected chi connectivity index (χ3v) is 3.52. The standard InChI is InChI=1S/C16H29Cl/c1-3-16(2)14-12-10-8-6-4-5-7-9-11-13-15-17/h16H,3,5,7-15H2,1-2H3. The van der Waals surface area contributed by atoms with Crippen LogP contribution in [0.25, 0.3) is 0 Å². The van der Waals surface area contributed by atoms with Crippen molar-refractivity contribution in [2.45, 2.75) is 78.1 Å². The van der Waals surface area contributed by atoms with Gasteiger partial charge >= 0.3 is 0 Å². The van der Waals surface area contributed by atoms with Crippen LogP contribution >= 0.6 is 11.6 Å². The maximum atomic E-state index is 5.62. The van der Waals surface area contributed by atoms with Crippen molar-refractivity contribution < 1.29 is 0 Å². The minimum Gasteiger partial charge on any atom is -0.127 e. The molecule has 0 spiro atoms. The molecule has 0 saturated carbocycles. The van der Waals surface area contributed by atoms with Gasteiger partial charge in [-0.05, 0) is 25.2 Å². The summed E-state index contributed by atoms with van der Waals surface area (Å²) in [4.78, 5) is 0. The highest BCUT2D eigenvalue weighted by molar-refractivity contribution is 6.17. The average Bonchev–Trinajstić information content (AvgIpc) is 2.35. The third kappa shape index (κ3) is 13.8. The lowest BCUT2D eigenvalue weighted by molar-refractivity contribution is 0.487. The van der Waals surface area contributed by atoms with Crippen molar-refractivity contribution in [3.05, 3.63) is 0 Å². The fourth-order valence-electron chi connectivity index (χ4n) is 1.75. The smallest absolute Gasteiger partial charge is 0.0223 e. The molecule has 0 fully saturated rings. The van der Waals surface area contributed by atoms with Crippen LogP contribution in [0.4, 0.5) is 0 Å². The molecular weight excluding hydrogens is 228 g/mol. The molecule has 0 heterocycles. The molecule has 0 aliphatic heterocycles. The second-order valence-electron chi connectivity index (χ2n) is 4.97. The molecule has 0 aromatic heterocycles. The molecule has 0 nitrogen and oxygen atoms in total. The van der Waals surface area contributed by atoms with Crippen LogP contribution in [0.5, 0.6) is 0 Å². The summed E-state index contributed by atoms with van der Waals surface area (Å²) in [5.41, 5.74) is 0. The summed E-state index contributed by atoms with van der Waals surface area (Å²) >= 11 is 5.62. The quantitative estimate of drug-likeness (QED) is 0.264. The first-order valence-electron chi connectivity index (χ1n) is 7.33. The maximum Gasteiger partial charge on any atom is 0.0223 e. The van der Waals surface area contributed by atoms with Crippen molar-refractivity contribution >= 4 is 11.6 Å².